The number of hydrogen-bond acceptors (Lipinski definition) is 0. The SMILES string of the molecule is Brc1ccc(Br)cc1.CC(C)(C)[NH2+]Cc1ccc(C[NH2+]C(C)(C)C)cc1.Fc1c(F)c(F)c([BH-](c2c(F)c(F)c(F)c(F)c2F)c2c(F)c(F)c(F)c(F)c2F)c(F)c1F.Fc1c(F)c(F)c([BH-](c2c(F)c(F)c(F)c(F)c2F)c2c(F)c(F)c(F)c(F)c2F)c(F)c1F. The molecule has 0 amide bonds. The van der Waals surface area contributed by atoms with E-state index >= 15 is 0 Å². The molecule has 8 rings (SSSR count). The Balaban J connectivity index is 0.000000250. The van der Waals surface area contributed by atoms with E-state index in [-0.39, 0.29) is 0 Å². The fraction of sp³-hybridized carbons (Fsp3) is 0.172. The number of nitrogens with two attached hydrogens (primary N) is 2. The van der Waals surface area contributed by atoms with Gasteiger partial charge in [-0.05, 0) is 65.8 Å². The van der Waals surface area contributed by atoms with Crippen molar-refractivity contribution in [2.45, 2.75) is 65.7 Å². The highest BCUT2D eigenvalue weighted by Crippen LogP contribution is 2.27. The van der Waals surface area contributed by atoms with Gasteiger partial charge in [-0.1, -0.05) is 56.1 Å². The molecular formula is C58H36B2Br2F30N2. The van der Waals surface area contributed by atoms with E-state index in [0.29, 0.717) is 11.1 Å². The van der Waals surface area contributed by atoms with Gasteiger partial charge in [-0.3, -0.25) is 0 Å². The van der Waals surface area contributed by atoms with Gasteiger partial charge >= 0.3 is 0 Å². The van der Waals surface area contributed by atoms with Gasteiger partial charge in [-0.2, -0.15) is 0 Å². The Labute approximate surface area is 527 Å². The molecule has 0 radical (unpaired) electrons. The highest BCUT2D eigenvalue weighted by molar-refractivity contribution is 9.11. The van der Waals surface area contributed by atoms with E-state index in [1.165, 1.54) is 11.1 Å². The van der Waals surface area contributed by atoms with Crippen LogP contribution in [-0.4, -0.2) is 24.5 Å². The zero-order chi connectivity index (χ0) is 71.7. The summed E-state index contributed by atoms with van der Waals surface area (Å²) in [4.78, 5) is 0. The molecule has 0 saturated carbocycles. The predicted molar refractivity (Wildman–Crippen MR) is 289 cm³/mol. The number of hydrogen-bond donors (Lipinski definition) is 2. The van der Waals surface area contributed by atoms with Crippen molar-refractivity contribution < 1.29 is 142 Å². The second-order valence-electron chi connectivity index (χ2n) is 22.2. The zero-order valence-electron chi connectivity index (χ0n) is 47.7. The van der Waals surface area contributed by atoms with Crippen LogP contribution in [0.15, 0.2) is 57.5 Å². The van der Waals surface area contributed by atoms with Crippen LogP contribution in [0.25, 0.3) is 0 Å². The fourth-order valence-corrected chi connectivity index (χ4v) is 9.44. The van der Waals surface area contributed by atoms with Crippen molar-refractivity contribution >= 4 is 78.1 Å². The summed E-state index contributed by atoms with van der Waals surface area (Å²) in [6.45, 7) is 5.30. The van der Waals surface area contributed by atoms with Gasteiger partial charge in [0, 0.05) is 20.1 Å². The van der Waals surface area contributed by atoms with Crippen LogP contribution >= 0.6 is 31.9 Å². The van der Waals surface area contributed by atoms with Crippen LogP contribution < -0.4 is 43.4 Å². The van der Waals surface area contributed by atoms with Crippen molar-refractivity contribution in [1.82, 2.24) is 0 Å². The molecule has 0 bridgehead atoms. The molecule has 0 aliphatic heterocycles. The lowest BCUT2D eigenvalue weighted by Gasteiger charge is -2.30. The van der Waals surface area contributed by atoms with E-state index in [1.54, 1.807) is 0 Å². The molecule has 8 aromatic rings. The molecule has 4 N–H and O–H groups in total. The average molecular weight is 1510 g/mol. The maximum absolute atomic E-state index is 14.4. The lowest BCUT2D eigenvalue weighted by atomic mass is 9.36. The molecule has 0 saturated heterocycles. The van der Waals surface area contributed by atoms with Crippen LogP contribution in [0.2, 0.25) is 0 Å². The molecule has 0 aromatic heterocycles. The number of rotatable bonds is 10. The van der Waals surface area contributed by atoms with Gasteiger partial charge in [-0.15, -0.1) is 32.8 Å². The molecule has 2 nitrogen and oxygen atoms in total. The molecule has 0 heterocycles. The molecule has 0 spiro atoms. The van der Waals surface area contributed by atoms with Crippen LogP contribution in [0.4, 0.5) is 132 Å². The molecule has 508 valence electrons. The van der Waals surface area contributed by atoms with Crippen LogP contribution in [0.5, 0.6) is 0 Å². The van der Waals surface area contributed by atoms with Crippen molar-refractivity contribution in [3.63, 3.8) is 0 Å². The Morgan fingerprint density at radius 2 is 0.340 bits per heavy atom. The third kappa shape index (κ3) is 16.0. The third-order valence-corrected chi connectivity index (χ3v) is 14.7. The number of benzene rings is 8. The number of quaternary nitrogens is 2. The molecule has 94 heavy (non-hydrogen) atoms. The lowest BCUT2D eigenvalue weighted by Crippen LogP contribution is -2.93. The standard InChI is InChI=1S/2C18HBF15.C16H28N2.C6H4Br2/c2*20-4-1(5(21)11(27)16(32)10(4)26)19(2-6(22)12(28)17(33)13(29)7(2)23)3-8(24)14(30)18(34)15(31)9(3)25;1-15(2,3)17-11-13-7-9-14(10-8-13)12-18-16(4,5)6;7-5-1-2-6(8)4-3-5/h2*19H;7-10,17-18H,11-12H2,1-6H3;1-4H/q2*-1;;/p+2. The first-order chi connectivity index (χ1) is 43.3. The van der Waals surface area contributed by atoms with Gasteiger partial charge in [0.25, 0.3) is 0 Å². The monoisotopic (exact) mass is 1510 g/mol. The van der Waals surface area contributed by atoms with Crippen LogP contribution in [0.3, 0.4) is 0 Å². The quantitative estimate of drug-likeness (QED) is 0.0592. The summed E-state index contributed by atoms with van der Waals surface area (Å²) in [5, 5.41) is 4.76. The van der Waals surface area contributed by atoms with Crippen molar-refractivity contribution in [3.05, 3.63) is 243 Å². The Hall–Kier alpha value is -7.33. The molecule has 36 heteroatoms. The number of halogens is 32. The maximum atomic E-state index is 14.4. The summed E-state index contributed by atoms with van der Waals surface area (Å²) < 4.78 is 420. The Morgan fingerprint density at radius 1 is 0.223 bits per heavy atom. The second kappa shape index (κ2) is 30.2. The van der Waals surface area contributed by atoms with Gasteiger partial charge < -0.3 is 10.6 Å². The third-order valence-electron chi connectivity index (χ3n) is 13.7. The minimum atomic E-state index is -5.16. The van der Waals surface area contributed by atoms with Gasteiger partial charge in [0.1, 0.15) is 82.9 Å². The van der Waals surface area contributed by atoms with Gasteiger partial charge in [0.05, 0.1) is 24.5 Å². The molecule has 0 aliphatic rings. The smallest absolute Gasteiger partial charge is 0.200 e. The molecule has 0 fully saturated rings. The second-order valence-corrected chi connectivity index (χ2v) is 24.0. The average Bonchev–Trinajstić information content (AvgIpc) is 0.737. The topological polar surface area (TPSA) is 33.2 Å². The molecule has 8 aromatic carbocycles. The first-order valence-electron chi connectivity index (χ1n) is 25.9. The van der Waals surface area contributed by atoms with Crippen LogP contribution in [-0.2, 0) is 13.1 Å². The van der Waals surface area contributed by atoms with E-state index in [9.17, 15) is 132 Å². The van der Waals surface area contributed by atoms with Crippen LogP contribution in [0.1, 0.15) is 52.7 Å². The summed E-state index contributed by atoms with van der Waals surface area (Å²) in [5.41, 5.74) is -12.1. The van der Waals surface area contributed by atoms with E-state index in [0.717, 1.165) is 22.0 Å². The Morgan fingerprint density at radius 3 is 0.457 bits per heavy atom. The highest BCUT2D eigenvalue weighted by Gasteiger charge is 2.40. The molecule has 0 aliphatic carbocycles. The van der Waals surface area contributed by atoms with Crippen molar-refractivity contribution in [2.75, 3.05) is 0 Å². The minimum absolute atomic E-state index is 0.304. The largest absolute Gasteiger partial charge is 0.338 e. The first-order valence-corrected chi connectivity index (χ1v) is 27.5. The summed E-state index contributed by atoms with van der Waals surface area (Å²) >= 11 is 6.65. The van der Waals surface area contributed by atoms with Crippen molar-refractivity contribution in [1.29, 1.82) is 0 Å². The normalized spacial score (nSPS) is 11.7. The zero-order valence-corrected chi connectivity index (χ0v) is 50.9. The van der Waals surface area contributed by atoms with Gasteiger partial charge in [0.15, 0.2) is 105 Å². The van der Waals surface area contributed by atoms with E-state index < -0.39 is 221 Å². The Bertz CT molecular complexity index is 3450. The molecule has 0 atom stereocenters. The maximum Gasteiger partial charge on any atom is 0.200 e. The minimum Gasteiger partial charge on any atom is -0.338 e. The first kappa shape index (κ1) is 77.4. The summed E-state index contributed by atoms with van der Waals surface area (Å²) in [5.74, 6) is -89.7. The summed E-state index contributed by atoms with van der Waals surface area (Å²) in [6, 6.07) is 17.0. The predicted octanol–water partition coefficient (Wildman–Crippen LogP) is 12.7. The summed E-state index contributed by atoms with van der Waals surface area (Å²) in [7, 11) is 0. The molecule has 0 unspecified atom stereocenters. The fourth-order valence-electron chi connectivity index (χ4n) is 8.91. The highest BCUT2D eigenvalue weighted by atomic mass is 79.9. The van der Waals surface area contributed by atoms with Gasteiger partial charge in [-0.25, -0.2) is 132 Å². The van der Waals surface area contributed by atoms with Crippen molar-refractivity contribution in [3.8, 4) is 0 Å². The Kier molecular flexibility index (Phi) is 24.8. The lowest BCUT2D eigenvalue weighted by molar-refractivity contribution is -0.732. The van der Waals surface area contributed by atoms with Crippen LogP contribution in [0, 0.1) is 175 Å². The van der Waals surface area contributed by atoms with E-state index in [4.69, 9.17) is 0 Å². The van der Waals surface area contributed by atoms with E-state index in [1.807, 2.05) is 24.3 Å². The summed E-state index contributed by atoms with van der Waals surface area (Å²) in [6.07, 6.45) is 0. The molecular weight excluding hydrogens is 1480 g/mol. The van der Waals surface area contributed by atoms with E-state index in [2.05, 4.69) is 108 Å². The van der Waals surface area contributed by atoms with Crippen molar-refractivity contribution in [2.24, 2.45) is 0 Å². The van der Waals surface area contributed by atoms with Gasteiger partial charge in [0.2, 0.25) is 0 Å².